The molecule has 9 N–H and O–H groups in total. The Labute approximate surface area is 131 Å². The Balaban J connectivity index is 0.000000231. The van der Waals surface area contributed by atoms with E-state index in [1.54, 1.807) is 0 Å². The van der Waals surface area contributed by atoms with Crippen molar-refractivity contribution >= 4 is 0 Å². The first-order valence-electron chi connectivity index (χ1n) is 6.98. The van der Waals surface area contributed by atoms with Crippen molar-refractivity contribution in [2.75, 3.05) is 6.61 Å². The molecule has 0 spiro atoms. The van der Waals surface area contributed by atoms with Crippen molar-refractivity contribution in [3.8, 4) is 0 Å². The average molecular weight is 344 g/mol. The zero-order chi connectivity index (χ0) is 17.9. The van der Waals surface area contributed by atoms with Crippen molar-refractivity contribution in [3.05, 3.63) is 0 Å². The minimum Gasteiger partial charge on any atom is -0.394 e. The monoisotopic (exact) mass is 344 g/mol. The summed E-state index contributed by atoms with van der Waals surface area (Å²) in [6.07, 6.45) is -13.0. The van der Waals surface area contributed by atoms with Gasteiger partial charge in [-0.05, 0) is 6.92 Å². The molecule has 2 saturated heterocycles. The second-order valence-corrected chi connectivity index (χ2v) is 5.42. The van der Waals surface area contributed by atoms with Crippen molar-refractivity contribution in [2.24, 2.45) is 0 Å². The van der Waals surface area contributed by atoms with Crippen molar-refractivity contribution in [3.63, 3.8) is 0 Å². The average Bonchev–Trinajstić information content (AvgIpc) is 2.53. The van der Waals surface area contributed by atoms with Gasteiger partial charge in [0.2, 0.25) is 0 Å². The van der Waals surface area contributed by atoms with Gasteiger partial charge in [-0.2, -0.15) is 0 Å². The van der Waals surface area contributed by atoms with Gasteiger partial charge in [-0.1, -0.05) is 0 Å². The van der Waals surface area contributed by atoms with Gasteiger partial charge in [0.05, 0.1) is 12.7 Å². The third-order valence-corrected chi connectivity index (χ3v) is 3.69. The molecule has 2 aliphatic rings. The standard InChI is InChI=1S/C6H12O6.C6H12O5/c7-1-2-3(8)4(9)5(10)6(11)12-2;1-2-3(7)4(8)5(9)6(10)11-2/h2-11H,1H2;2-10H,1H3/t2-,3-,4+,5-,6+;2-,3-,4+,5+,6?/m10/s1. The summed E-state index contributed by atoms with van der Waals surface area (Å²) in [5.74, 6) is 0. The molecular formula is C12H24O11. The van der Waals surface area contributed by atoms with Crippen LogP contribution in [0.1, 0.15) is 6.92 Å². The molecule has 2 heterocycles. The van der Waals surface area contributed by atoms with Crippen LogP contribution in [0.4, 0.5) is 0 Å². The van der Waals surface area contributed by atoms with Gasteiger partial charge in [0.25, 0.3) is 0 Å². The smallest absolute Gasteiger partial charge is 0.184 e. The van der Waals surface area contributed by atoms with E-state index in [-0.39, 0.29) is 0 Å². The maximum atomic E-state index is 9.12. The van der Waals surface area contributed by atoms with Gasteiger partial charge in [0.1, 0.15) is 42.7 Å². The van der Waals surface area contributed by atoms with Crippen LogP contribution >= 0.6 is 0 Å². The van der Waals surface area contributed by atoms with Crippen LogP contribution in [0.3, 0.4) is 0 Å². The molecule has 23 heavy (non-hydrogen) atoms. The molecule has 138 valence electrons. The maximum Gasteiger partial charge on any atom is 0.184 e. The molecule has 11 heteroatoms. The molecule has 10 atom stereocenters. The van der Waals surface area contributed by atoms with E-state index >= 15 is 0 Å². The van der Waals surface area contributed by atoms with Gasteiger partial charge in [0.15, 0.2) is 12.6 Å². The summed E-state index contributed by atoms with van der Waals surface area (Å²) < 4.78 is 9.25. The van der Waals surface area contributed by atoms with E-state index in [9.17, 15) is 0 Å². The Bertz CT molecular complexity index is 337. The summed E-state index contributed by atoms with van der Waals surface area (Å²) in [5.41, 5.74) is 0. The minimum atomic E-state index is -1.57. The first kappa shape index (κ1) is 20.6. The first-order chi connectivity index (χ1) is 10.6. The van der Waals surface area contributed by atoms with Gasteiger partial charge in [-0.15, -0.1) is 0 Å². The molecular weight excluding hydrogens is 320 g/mol. The molecule has 2 aliphatic heterocycles. The van der Waals surface area contributed by atoms with Gasteiger partial charge in [-0.25, -0.2) is 0 Å². The van der Waals surface area contributed by atoms with Crippen molar-refractivity contribution < 1.29 is 55.4 Å². The third-order valence-electron chi connectivity index (χ3n) is 3.69. The molecule has 0 aromatic heterocycles. The van der Waals surface area contributed by atoms with E-state index in [1.165, 1.54) is 6.92 Å². The number of aliphatic hydroxyl groups excluding tert-OH is 9. The van der Waals surface area contributed by atoms with Gasteiger partial charge < -0.3 is 55.4 Å². The first-order valence-corrected chi connectivity index (χ1v) is 6.98. The molecule has 0 bridgehead atoms. The van der Waals surface area contributed by atoms with Gasteiger partial charge in [-0.3, -0.25) is 0 Å². The van der Waals surface area contributed by atoms with E-state index in [4.69, 9.17) is 46.0 Å². The summed E-state index contributed by atoms with van der Waals surface area (Å²) in [4.78, 5) is 0. The third kappa shape index (κ3) is 4.78. The Morgan fingerprint density at radius 2 is 1.04 bits per heavy atom. The van der Waals surface area contributed by atoms with Crippen LogP contribution in [0.25, 0.3) is 0 Å². The molecule has 0 aromatic rings. The van der Waals surface area contributed by atoms with E-state index in [0.29, 0.717) is 0 Å². The highest BCUT2D eigenvalue weighted by atomic mass is 16.6. The van der Waals surface area contributed by atoms with Gasteiger partial charge in [0, 0.05) is 0 Å². The molecule has 0 amide bonds. The highest BCUT2D eigenvalue weighted by Gasteiger charge is 2.42. The Morgan fingerprint density at radius 1 is 0.609 bits per heavy atom. The number of ether oxygens (including phenoxy) is 2. The molecule has 1 unspecified atom stereocenters. The van der Waals surface area contributed by atoms with Crippen molar-refractivity contribution in [1.82, 2.24) is 0 Å². The summed E-state index contributed by atoms with van der Waals surface area (Å²) in [6.45, 7) is 0.977. The highest BCUT2D eigenvalue weighted by molar-refractivity contribution is 4.88. The van der Waals surface area contributed by atoms with E-state index in [2.05, 4.69) is 9.47 Å². The van der Waals surface area contributed by atoms with Crippen LogP contribution in [-0.4, -0.2) is 114 Å². The zero-order valence-electron chi connectivity index (χ0n) is 12.3. The number of rotatable bonds is 1. The van der Waals surface area contributed by atoms with E-state index in [1.807, 2.05) is 0 Å². The maximum absolute atomic E-state index is 9.12. The lowest BCUT2D eigenvalue weighted by Crippen LogP contribution is -2.58. The predicted octanol–water partition coefficient (Wildman–Crippen LogP) is -5.42. The second-order valence-electron chi connectivity index (χ2n) is 5.42. The molecule has 2 fully saturated rings. The Kier molecular flexibility index (Phi) is 7.70. The lowest BCUT2D eigenvalue weighted by Gasteiger charge is -2.37. The van der Waals surface area contributed by atoms with Crippen LogP contribution in [-0.2, 0) is 9.47 Å². The van der Waals surface area contributed by atoms with E-state index < -0.39 is 68.0 Å². The molecule has 0 aromatic carbocycles. The Morgan fingerprint density at radius 3 is 1.52 bits per heavy atom. The number of hydrogen-bond acceptors (Lipinski definition) is 11. The molecule has 11 nitrogen and oxygen atoms in total. The fourth-order valence-corrected chi connectivity index (χ4v) is 2.11. The number of hydrogen-bond donors (Lipinski definition) is 9. The SMILES string of the molecule is C[C@@H]1OC(O)[C@H](O)[C@H](O)[C@H]1O.OC[C@H]1O[C@H](O)[C@H](O)[C@@H](O)[C@@H]1O. The minimum absolute atomic E-state index is 0.526. The van der Waals surface area contributed by atoms with Gasteiger partial charge >= 0.3 is 0 Å². The summed E-state index contributed by atoms with van der Waals surface area (Å²) in [5, 5.41) is 80.6. The quantitative estimate of drug-likeness (QED) is 0.220. The van der Waals surface area contributed by atoms with Crippen molar-refractivity contribution in [1.29, 1.82) is 0 Å². The van der Waals surface area contributed by atoms with Crippen LogP contribution in [0.2, 0.25) is 0 Å². The molecule has 0 radical (unpaired) electrons. The fourth-order valence-electron chi connectivity index (χ4n) is 2.11. The summed E-state index contributed by atoms with van der Waals surface area (Å²) in [6, 6.07) is 0. The highest BCUT2D eigenvalue weighted by Crippen LogP contribution is 2.19. The second kappa shape index (κ2) is 8.60. The van der Waals surface area contributed by atoms with Crippen LogP contribution in [0.5, 0.6) is 0 Å². The van der Waals surface area contributed by atoms with Crippen molar-refractivity contribution in [2.45, 2.75) is 68.3 Å². The van der Waals surface area contributed by atoms with Crippen LogP contribution in [0, 0.1) is 0 Å². The largest absolute Gasteiger partial charge is 0.394 e. The topological polar surface area (TPSA) is 201 Å². The van der Waals surface area contributed by atoms with Crippen LogP contribution < -0.4 is 0 Å². The van der Waals surface area contributed by atoms with Crippen LogP contribution in [0.15, 0.2) is 0 Å². The summed E-state index contributed by atoms with van der Waals surface area (Å²) in [7, 11) is 0. The lowest BCUT2D eigenvalue weighted by atomic mass is 10.00. The predicted molar refractivity (Wildman–Crippen MR) is 70.6 cm³/mol. The lowest BCUT2D eigenvalue weighted by molar-refractivity contribution is -0.286. The molecule has 2 rings (SSSR count). The normalized spacial score (nSPS) is 50.9. The fraction of sp³-hybridized carbons (Fsp3) is 1.00. The zero-order valence-corrected chi connectivity index (χ0v) is 12.3. The van der Waals surface area contributed by atoms with E-state index in [0.717, 1.165) is 0 Å². The molecule has 0 aliphatic carbocycles. The summed E-state index contributed by atoms with van der Waals surface area (Å²) >= 11 is 0. The number of aliphatic hydroxyl groups is 9. The Hall–Kier alpha value is -0.440. The molecule has 0 saturated carbocycles.